The van der Waals surface area contributed by atoms with Crippen molar-refractivity contribution in [1.29, 1.82) is 5.26 Å². The lowest BCUT2D eigenvalue weighted by Crippen LogP contribution is -2.65. The van der Waals surface area contributed by atoms with E-state index < -0.39 is 5.82 Å². The highest BCUT2D eigenvalue weighted by Gasteiger charge is 2.70. The van der Waals surface area contributed by atoms with Crippen LogP contribution in [0.4, 0.5) is 4.39 Å². The molecule has 10 heteroatoms. The maximum atomic E-state index is 14.4. The summed E-state index contributed by atoms with van der Waals surface area (Å²) in [5, 5.41) is 19.1. The van der Waals surface area contributed by atoms with Crippen molar-refractivity contribution in [2.24, 2.45) is 5.92 Å². The van der Waals surface area contributed by atoms with E-state index in [0.29, 0.717) is 34.0 Å². The van der Waals surface area contributed by atoms with Crippen LogP contribution in [0.1, 0.15) is 37.4 Å². The number of nitrogens with zero attached hydrogens (tertiary/aromatic N) is 7. The highest BCUT2D eigenvalue weighted by atomic mass is 32.2. The summed E-state index contributed by atoms with van der Waals surface area (Å²) in [6.07, 6.45) is 9.79. The Bertz CT molecular complexity index is 1620. The maximum absolute atomic E-state index is 14.4. The van der Waals surface area contributed by atoms with Crippen molar-refractivity contribution >= 4 is 23.2 Å². The van der Waals surface area contributed by atoms with Crippen LogP contribution in [-0.4, -0.2) is 47.3 Å². The molecule has 1 amide bonds. The molecule has 7 rings (SSSR count). The molecule has 4 aromatic rings. The Morgan fingerprint density at radius 3 is 2.89 bits per heavy atom. The lowest BCUT2D eigenvalue weighted by Gasteiger charge is -2.57. The van der Waals surface area contributed by atoms with Crippen LogP contribution >= 0.6 is 11.8 Å². The number of nitriles is 1. The molecule has 4 aromatic heterocycles. The molecule has 1 aliphatic heterocycles. The highest BCUT2D eigenvalue weighted by Crippen LogP contribution is 2.64. The summed E-state index contributed by atoms with van der Waals surface area (Å²) < 4.78 is 18.3. The summed E-state index contributed by atoms with van der Waals surface area (Å²) in [7, 11) is 0. The zero-order chi connectivity index (χ0) is 24.8. The Kier molecular flexibility index (Phi) is 4.43. The molecule has 2 saturated carbocycles. The van der Waals surface area contributed by atoms with Gasteiger partial charge in [-0.3, -0.25) is 9.48 Å². The van der Waals surface area contributed by atoms with Crippen LogP contribution in [0, 0.1) is 30.0 Å². The topological polar surface area (TPSA) is 92.1 Å². The number of halogens is 1. The molecule has 0 spiro atoms. The molecule has 2 aliphatic carbocycles. The highest BCUT2D eigenvalue weighted by molar-refractivity contribution is 7.99. The first-order valence-corrected chi connectivity index (χ1v) is 12.8. The number of pyridine rings is 2. The van der Waals surface area contributed by atoms with Crippen molar-refractivity contribution in [3.05, 3.63) is 60.1 Å². The largest absolute Gasteiger partial charge is 0.336 e. The molecule has 180 valence electrons. The zero-order valence-corrected chi connectivity index (χ0v) is 20.5. The number of piperidine rings is 2. The predicted octanol–water partition coefficient (Wildman–Crippen LogP) is 4.17. The summed E-state index contributed by atoms with van der Waals surface area (Å²) in [6.45, 7) is 3.76. The third-order valence-corrected chi connectivity index (χ3v) is 9.34. The number of rotatable bonds is 4. The molecule has 2 bridgehead atoms. The number of hydrogen-bond donors (Lipinski definition) is 0. The summed E-state index contributed by atoms with van der Waals surface area (Å²) in [5.74, 6) is 0.211. The van der Waals surface area contributed by atoms with Crippen LogP contribution in [-0.2, 0) is 10.3 Å². The van der Waals surface area contributed by atoms with E-state index in [4.69, 9.17) is 5.10 Å². The number of likely N-dealkylation sites (tertiary alicyclic amines) is 1. The fourth-order valence-electron chi connectivity index (χ4n) is 6.93. The molecule has 3 fully saturated rings. The fraction of sp³-hybridized carbons (Fsp3) is 0.346. The van der Waals surface area contributed by atoms with Crippen molar-refractivity contribution in [2.75, 3.05) is 0 Å². The number of fused-ring (bicyclic) bond motifs is 2. The Morgan fingerprint density at radius 2 is 2.17 bits per heavy atom. The molecule has 0 aromatic carbocycles. The number of aromatic nitrogens is 5. The first-order chi connectivity index (χ1) is 17.4. The summed E-state index contributed by atoms with van der Waals surface area (Å²) in [5.41, 5.74) is 3.93. The van der Waals surface area contributed by atoms with E-state index >= 15 is 0 Å². The van der Waals surface area contributed by atoms with Crippen LogP contribution < -0.4 is 0 Å². The Morgan fingerprint density at radius 1 is 1.31 bits per heavy atom. The second-order valence-electron chi connectivity index (χ2n) is 10.0. The summed E-state index contributed by atoms with van der Waals surface area (Å²) in [6, 6.07) is 7.71. The van der Waals surface area contributed by atoms with E-state index in [2.05, 4.69) is 32.7 Å². The first kappa shape index (κ1) is 21.6. The number of carbonyl (C=O) groups is 1. The van der Waals surface area contributed by atoms with Gasteiger partial charge in [0.25, 0.3) is 0 Å². The van der Waals surface area contributed by atoms with E-state index in [-0.39, 0.29) is 16.5 Å². The molecule has 3 unspecified atom stereocenters. The van der Waals surface area contributed by atoms with Crippen molar-refractivity contribution in [3.63, 3.8) is 0 Å². The van der Waals surface area contributed by atoms with Gasteiger partial charge in [0, 0.05) is 59.0 Å². The summed E-state index contributed by atoms with van der Waals surface area (Å²) in [4.78, 5) is 19.1. The number of amides is 1. The zero-order valence-electron chi connectivity index (χ0n) is 19.7. The van der Waals surface area contributed by atoms with Crippen molar-refractivity contribution in [1.82, 2.24) is 29.3 Å². The third-order valence-electron chi connectivity index (χ3n) is 8.32. The Balaban J connectivity index is 1.30. The van der Waals surface area contributed by atoms with E-state index in [1.54, 1.807) is 23.7 Å². The average Bonchev–Trinajstić information content (AvgIpc) is 3.59. The van der Waals surface area contributed by atoms with Crippen molar-refractivity contribution in [3.8, 4) is 17.2 Å². The Labute approximate surface area is 210 Å². The molecular weight excluding hydrogens is 477 g/mol. The van der Waals surface area contributed by atoms with Crippen molar-refractivity contribution in [2.45, 2.75) is 60.7 Å². The smallest absolute Gasteiger partial charge is 0.219 e. The lowest BCUT2D eigenvalue weighted by atomic mass is 9.63. The SMILES string of the molecule is CC(=O)N1C2CC3C1C[C@]3(n1ncc(-c3cc(Sc4ncccc4F)c4c(C#N)cnn4c3)c1C)C2. The Hall–Kier alpha value is -3.71. The van der Waals surface area contributed by atoms with E-state index in [9.17, 15) is 14.4 Å². The van der Waals surface area contributed by atoms with Crippen molar-refractivity contribution < 1.29 is 9.18 Å². The average molecular weight is 500 g/mol. The van der Waals surface area contributed by atoms with Gasteiger partial charge < -0.3 is 4.90 Å². The molecular formula is C26H22FN7OS. The number of carbonyl (C=O) groups excluding carboxylic acids is 1. The molecule has 1 saturated heterocycles. The third kappa shape index (κ3) is 2.75. The number of hydrogen-bond acceptors (Lipinski definition) is 6. The van der Waals surface area contributed by atoms with Gasteiger partial charge >= 0.3 is 0 Å². The van der Waals surface area contributed by atoms with Gasteiger partial charge in [0.15, 0.2) is 5.82 Å². The molecule has 0 N–H and O–H groups in total. The second kappa shape index (κ2) is 7.40. The van der Waals surface area contributed by atoms with Gasteiger partial charge in [-0.25, -0.2) is 13.9 Å². The minimum absolute atomic E-state index is 0.0257. The first-order valence-electron chi connectivity index (χ1n) is 12.0. The maximum Gasteiger partial charge on any atom is 0.219 e. The molecule has 0 radical (unpaired) electrons. The van der Waals surface area contributed by atoms with Crippen LogP contribution in [0.15, 0.2) is 52.9 Å². The molecule has 8 nitrogen and oxygen atoms in total. The second-order valence-corrected chi connectivity index (χ2v) is 11.0. The summed E-state index contributed by atoms with van der Waals surface area (Å²) >= 11 is 1.18. The van der Waals surface area contributed by atoms with E-state index in [1.807, 2.05) is 18.5 Å². The van der Waals surface area contributed by atoms with Gasteiger partial charge in [-0.05, 0) is 44.4 Å². The quantitative estimate of drug-likeness (QED) is 0.419. The monoisotopic (exact) mass is 499 g/mol. The minimum atomic E-state index is -0.414. The van der Waals surface area contributed by atoms with Gasteiger partial charge in [0.1, 0.15) is 11.1 Å². The van der Waals surface area contributed by atoms with Gasteiger partial charge in [0.05, 0.1) is 29.0 Å². The van der Waals surface area contributed by atoms with Gasteiger partial charge in [-0.1, -0.05) is 11.8 Å². The van der Waals surface area contributed by atoms with Gasteiger partial charge in [-0.15, -0.1) is 0 Å². The molecule has 5 heterocycles. The standard InChI is InChI=1S/C26H22FN7OS/c1-14-19(12-31-34(14)26-8-18-7-20(26)22(9-26)33(18)15(2)35)16-6-23(36-25-21(27)4-3-5-29-25)24-17(10-28)11-30-32(24)13-16/h3-6,11-13,18,20,22H,7-9H2,1-2H3/t18?,20?,22?,26-/m1/s1. The van der Waals surface area contributed by atoms with Crippen LogP contribution in [0.25, 0.3) is 16.6 Å². The minimum Gasteiger partial charge on any atom is -0.336 e. The molecule has 36 heavy (non-hydrogen) atoms. The van der Waals surface area contributed by atoms with E-state index in [0.717, 1.165) is 36.1 Å². The lowest BCUT2D eigenvalue weighted by molar-refractivity contribution is -0.146. The molecule has 3 aliphatic rings. The van der Waals surface area contributed by atoms with Crippen LogP contribution in [0.2, 0.25) is 0 Å². The van der Waals surface area contributed by atoms with Gasteiger partial charge in [-0.2, -0.15) is 15.5 Å². The fourth-order valence-corrected chi connectivity index (χ4v) is 7.90. The molecule has 4 atom stereocenters. The van der Waals surface area contributed by atoms with Crippen LogP contribution in [0.5, 0.6) is 0 Å². The van der Waals surface area contributed by atoms with Gasteiger partial charge in [0.2, 0.25) is 5.91 Å². The van der Waals surface area contributed by atoms with Crippen LogP contribution in [0.3, 0.4) is 0 Å². The predicted molar refractivity (Wildman–Crippen MR) is 130 cm³/mol. The normalized spacial score (nSPS) is 25.8. The van der Waals surface area contributed by atoms with E-state index in [1.165, 1.54) is 24.0 Å².